The monoisotopic (exact) mass is 299 g/mol. The molecule has 1 aromatic carbocycles. The van der Waals surface area contributed by atoms with Crippen LogP contribution in [0.25, 0.3) is 0 Å². The van der Waals surface area contributed by atoms with Crippen molar-refractivity contribution in [2.75, 3.05) is 5.73 Å². The van der Waals surface area contributed by atoms with Gasteiger partial charge in [0.2, 0.25) is 0 Å². The van der Waals surface area contributed by atoms with E-state index in [0.717, 1.165) is 29.3 Å². The minimum absolute atomic E-state index is 0.651. The van der Waals surface area contributed by atoms with E-state index >= 15 is 0 Å². The molecule has 0 aliphatic rings. The Morgan fingerprint density at radius 1 is 1.24 bits per heavy atom. The zero-order chi connectivity index (χ0) is 15.2. The van der Waals surface area contributed by atoms with Gasteiger partial charge in [0.25, 0.3) is 0 Å². The van der Waals surface area contributed by atoms with E-state index in [1.165, 1.54) is 12.0 Å². The Labute approximate surface area is 130 Å². The molecule has 0 spiro atoms. The predicted octanol–water partition coefficient (Wildman–Crippen LogP) is 4.59. The molecule has 4 heteroatoms. The van der Waals surface area contributed by atoms with Crippen molar-refractivity contribution in [1.29, 1.82) is 5.26 Å². The number of aryl methyl sites for hydroxylation is 1. The van der Waals surface area contributed by atoms with E-state index in [9.17, 15) is 5.26 Å². The number of hydrogen-bond donors (Lipinski definition) is 1. The summed E-state index contributed by atoms with van der Waals surface area (Å²) in [6.45, 7) is 5.10. The molecule has 0 atom stereocenters. The van der Waals surface area contributed by atoms with Crippen LogP contribution in [0.5, 0.6) is 0 Å². The fourth-order valence-corrected chi connectivity index (χ4v) is 3.19. The first-order chi connectivity index (χ1) is 10.2. The van der Waals surface area contributed by atoms with E-state index in [0.29, 0.717) is 11.4 Å². The molecule has 3 nitrogen and oxygen atoms in total. The van der Waals surface area contributed by atoms with Gasteiger partial charge in [-0.1, -0.05) is 49.2 Å². The number of anilines is 1. The number of aromatic nitrogens is 1. The Morgan fingerprint density at radius 3 is 2.57 bits per heavy atom. The highest BCUT2D eigenvalue weighted by Crippen LogP contribution is 2.35. The highest BCUT2D eigenvalue weighted by molar-refractivity contribution is 7.99. The second-order valence-electron chi connectivity index (χ2n) is 5.18. The molecule has 110 valence electrons. The Kier molecular flexibility index (Phi) is 5.35. The lowest BCUT2D eigenvalue weighted by Crippen LogP contribution is -2.03. The van der Waals surface area contributed by atoms with E-state index in [1.807, 2.05) is 0 Å². The predicted molar refractivity (Wildman–Crippen MR) is 88.4 cm³/mol. The summed E-state index contributed by atoms with van der Waals surface area (Å²) in [6, 6.07) is 12.4. The molecule has 1 aromatic heterocycles. The quantitative estimate of drug-likeness (QED) is 0.794. The number of hydrogen-bond acceptors (Lipinski definition) is 3. The Balaban J connectivity index is 2.26. The van der Waals surface area contributed by atoms with Gasteiger partial charge in [-0.2, -0.15) is 5.26 Å². The normalized spacial score (nSPS) is 10.5. The summed E-state index contributed by atoms with van der Waals surface area (Å²) < 4.78 is 2.05. The Bertz CT molecular complexity index is 635. The van der Waals surface area contributed by atoms with E-state index in [4.69, 9.17) is 5.73 Å². The Hall–Kier alpha value is -1.86. The number of rotatable bonds is 6. The molecule has 0 saturated heterocycles. The third-order valence-electron chi connectivity index (χ3n) is 3.41. The first-order valence-corrected chi connectivity index (χ1v) is 8.11. The molecule has 2 rings (SSSR count). The lowest BCUT2D eigenvalue weighted by Gasteiger charge is -2.11. The number of nitrogen functional groups attached to an aromatic ring is 1. The van der Waals surface area contributed by atoms with Gasteiger partial charge in [-0.3, -0.25) is 0 Å². The van der Waals surface area contributed by atoms with Crippen LogP contribution in [0.4, 0.5) is 5.69 Å². The SMILES string of the molecule is CCCCCn1c(C#N)cc(N)c1Sc1ccc(C)cc1. The first-order valence-electron chi connectivity index (χ1n) is 7.29. The molecule has 0 radical (unpaired) electrons. The Morgan fingerprint density at radius 2 is 1.95 bits per heavy atom. The van der Waals surface area contributed by atoms with Gasteiger partial charge in [0.05, 0.1) is 5.69 Å². The molecule has 0 aliphatic heterocycles. The molecule has 2 N–H and O–H groups in total. The van der Waals surface area contributed by atoms with Gasteiger partial charge in [-0.25, -0.2) is 0 Å². The van der Waals surface area contributed by atoms with Crippen LogP contribution in [0.2, 0.25) is 0 Å². The van der Waals surface area contributed by atoms with Crippen LogP contribution in [0.3, 0.4) is 0 Å². The van der Waals surface area contributed by atoms with E-state index in [-0.39, 0.29) is 0 Å². The molecule has 2 aromatic rings. The highest BCUT2D eigenvalue weighted by atomic mass is 32.2. The molecule has 0 unspecified atom stereocenters. The second-order valence-corrected chi connectivity index (χ2v) is 6.24. The number of nitrogens with zero attached hydrogens (tertiary/aromatic N) is 2. The van der Waals surface area contributed by atoms with Crippen molar-refractivity contribution in [3.8, 4) is 6.07 Å². The minimum atomic E-state index is 0.651. The summed E-state index contributed by atoms with van der Waals surface area (Å²) in [6.07, 6.45) is 3.40. The van der Waals surface area contributed by atoms with Gasteiger partial charge in [0, 0.05) is 11.4 Å². The lowest BCUT2D eigenvalue weighted by atomic mass is 10.2. The van der Waals surface area contributed by atoms with Gasteiger partial charge in [-0.15, -0.1) is 0 Å². The van der Waals surface area contributed by atoms with Crippen LogP contribution >= 0.6 is 11.8 Å². The summed E-state index contributed by atoms with van der Waals surface area (Å²) >= 11 is 1.63. The molecule has 21 heavy (non-hydrogen) atoms. The molecular formula is C17H21N3S. The molecular weight excluding hydrogens is 278 g/mol. The van der Waals surface area contributed by atoms with Gasteiger partial charge in [0.1, 0.15) is 16.8 Å². The molecule has 0 amide bonds. The van der Waals surface area contributed by atoms with Crippen LogP contribution in [0.1, 0.15) is 37.4 Å². The van der Waals surface area contributed by atoms with Crippen LogP contribution in [0.15, 0.2) is 40.3 Å². The van der Waals surface area contributed by atoms with Crippen LogP contribution in [0, 0.1) is 18.3 Å². The summed E-state index contributed by atoms with van der Waals surface area (Å²) in [5, 5.41) is 10.3. The molecule has 0 saturated carbocycles. The van der Waals surface area contributed by atoms with Crippen LogP contribution < -0.4 is 5.73 Å². The van der Waals surface area contributed by atoms with Crippen molar-refractivity contribution >= 4 is 17.4 Å². The number of benzene rings is 1. The van der Waals surface area contributed by atoms with E-state index in [1.54, 1.807) is 17.8 Å². The maximum atomic E-state index is 9.28. The van der Waals surface area contributed by atoms with Crippen molar-refractivity contribution in [2.24, 2.45) is 0 Å². The zero-order valence-corrected chi connectivity index (χ0v) is 13.4. The van der Waals surface area contributed by atoms with Crippen molar-refractivity contribution in [1.82, 2.24) is 4.57 Å². The molecule has 0 aliphatic carbocycles. The zero-order valence-electron chi connectivity index (χ0n) is 12.6. The van der Waals surface area contributed by atoms with Crippen molar-refractivity contribution in [3.05, 3.63) is 41.6 Å². The maximum Gasteiger partial charge on any atom is 0.123 e. The van der Waals surface area contributed by atoms with Gasteiger partial charge in [-0.05, 0) is 31.5 Å². The van der Waals surface area contributed by atoms with Crippen molar-refractivity contribution < 1.29 is 0 Å². The number of nitriles is 1. The largest absolute Gasteiger partial charge is 0.397 e. The summed E-state index contributed by atoms with van der Waals surface area (Å²) in [5.74, 6) is 0. The van der Waals surface area contributed by atoms with E-state index in [2.05, 4.69) is 48.7 Å². The topological polar surface area (TPSA) is 54.7 Å². The molecule has 0 fully saturated rings. The maximum absolute atomic E-state index is 9.28. The van der Waals surface area contributed by atoms with Gasteiger partial charge < -0.3 is 10.3 Å². The summed E-state index contributed by atoms with van der Waals surface area (Å²) in [7, 11) is 0. The number of unbranched alkanes of at least 4 members (excludes halogenated alkanes) is 2. The molecule has 1 heterocycles. The van der Waals surface area contributed by atoms with Crippen LogP contribution in [-0.2, 0) is 6.54 Å². The number of nitrogens with two attached hydrogens (primary N) is 1. The highest BCUT2D eigenvalue weighted by Gasteiger charge is 2.14. The standard InChI is InChI=1S/C17H21N3S/c1-3-4-5-10-20-14(12-18)11-16(19)17(20)21-15-8-6-13(2)7-9-15/h6-9,11H,3-5,10,19H2,1-2H3. The summed E-state index contributed by atoms with van der Waals surface area (Å²) in [5.41, 5.74) is 8.69. The third-order valence-corrected chi connectivity index (χ3v) is 4.57. The smallest absolute Gasteiger partial charge is 0.123 e. The fraction of sp³-hybridized carbons (Fsp3) is 0.353. The minimum Gasteiger partial charge on any atom is -0.397 e. The third kappa shape index (κ3) is 3.83. The van der Waals surface area contributed by atoms with Crippen LogP contribution in [-0.4, -0.2) is 4.57 Å². The second kappa shape index (κ2) is 7.24. The lowest BCUT2D eigenvalue weighted by molar-refractivity contribution is 0.572. The average molecular weight is 299 g/mol. The average Bonchev–Trinajstić information content (AvgIpc) is 2.78. The molecule has 0 bridgehead atoms. The first kappa shape index (κ1) is 15.5. The van der Waals surface area contributed by atoms with Crippen molar-refractivity contribution in [3.63, 3.8) is 0 Å². The van der Waals surface area contributed by atoms with Gasteiger partial charge >= 0.3 is 0 Å². The van der Waals surface area contributed by atoms with E-state index < -0.39 is 0 Å². The fourth-order valence-electron chi connectivity index (χ4n) is 2.22. The van der Waals surface area contributed by atoms with Crippen molar-refractivity contribution in [2.45, 2.75) is 49.6 Å². The van der Waals surface area contributed by atoms with Gasteiger partial charge in [0.15, 0.2) is 0 Å². The summed E-state index contributed by atoms with van der Waals surface area (Å²) in [4.78, 5) is 1.15.